The molecule has 2 saturated heterocycles. The van der Waals surface area contributed by atoms with Gasteiger partial charge in [0.05, 0.1) is 13.2 Å². The van der Waals surface area contributed by atoms with Gasteiger partial charge in [0, 0.05) is 32.4 Å². The Hall–Kier alpha value is -1.89. The van der Waals surface area contributed by atoms with Crippen molar-refractivity contribution < 1.29 is 14.3 Å². The number of aromatic nitrogens is 2. The smallest absolute Gasteiger partial charge is 0.274 e. The van der Waals surface area contributed by atoms with Gasteiger partial charge in [-0.25, -0.2) is 0 Å². The Morgan fingerprint density at radius 2 is 2.00 bits per heavy atom. The highest BCUT2D eigenvalue weighted by Gasteiger charge is 2.33. The number of ether oxygens (including phenoxy) is 1. The molecule has 2 aliphatic heterocycles. The molecule has 1 atom stereocenters. The van der Waals surface area contributed by atoms with Gasteiger partial charge >= 0.3 is 0 Å². The lowest BCUT2D eigenvalue weighted by Crippen LogP contribution is -2.53. The number of hydrogen-bond donors (Lipinski definition) is 0. The standard InChI is InChI=1S/C16H24N4O3/c1-2-20-9-6-13(17-20)15(21)19-10-11-23-14(12-19)16(22)18-7-4-3-5-8-18/h6,9,14H,2-5,7-8,10-12H2,1H3/t14-/m1/s1. The summed E-state index contributed by atoms with van der Waals surface area (Å²) in [6.45, 7) is 5.51. The zero-order valence-corrected chi connectivity index (χ0v) is 13.6. The minimum atomic E-state index is -0.543. The van der Waals surface area contributed by atoms with Gasteiger partial charge in [0.1, 0.15) is 5.69 Å². The van der Waals surface area contributed by atoms with E-state index in [0.29, 0.717) is 25.4 Å². The van der Waals surface area contributed by atoms with Crippen molar-refractivity contribution in [2.24, 2.45) is 0 Å². The van der Waals surface area contributed by atoms with E-state index < -0.39 is 6.10 Å². The molecule has 0 radical (unpaired) electrons. The van der Waals surface area contributed by atoms with Gasteiger partial charge in [0.2, 0.25) is 0 Å². The minimum Gasteiger partial charge on any atom is -0.365 e. The van der Waals surface area contributed by atoms with Crippen molar-refractivity contribution in [1.29, 1.82) is 0 Å². The quantitative estimate of drug-likeness (QED) is 0.824. The van der Waals surface area contributed by atoms with E-state index in [9.17, 15) is 9.59 Å². The summed E-state index contributed by atoms with van der Waals surface area (Å²) in [5.74, 6) is -0.113. The maximum absolute atomic E-state index is 12.6. The average molecular weight is 320 g/mol. The molecule has 2 aliphatic rings. The minimum absolute atomic E-state index is 0.0151. The molecule has 1 aromatic heterocycles. The Morgan fingerprint density at radius 1 is 1.22 bits per heavy atom. The molecule has 0 aromatic carbocycles. The number of rotatable bonds is 3. The van der Waals surface area contributed by atoms with Crippen LogP contribution in [0.2, 0.25) is 0 Å². The number of nitrogens with zero attached hydrogens (tertiary/aromatic N) is 4. The molecule has 7 heteroatoms. The largest absolute Gasteiger partial charge is 0.365 e. The third-order valence-electron chi connectivity index (χ3n) is 4.48. The van der Waals surface area contributed by atoms with Gasteiger partial charge in [0.25, 0.3) is 11.8 Å². The van der Waals surface area contributed by atoms with Gasteiger partial charge in [-0.15, -0.1) is 0 Å². The number of carbonyl (C=O) groups is 2. The first-order valence-corrected chi connectivity index (χ1v) is 8.42. The van der Waals surface area contributed by atoms with Crippen LogP contribution in [0.5, 0.6) is 0 Å². The van der Waals surface area contributed by atoms with E-state index in [1.54, 1.807) is 21.8 Å². The van der Waals surface area contributed by atoms with Gasteiger partial charge in [-0.1, -0.05) is 0 Å². The molecule has 0 unspecified atom stereocenters. The Morgan fingerprint density at radius 3 is 2.70 bits per heavy atom. The molecule has 0 aliphatic carbocycles. The van der Waals surface area contributed by atoms with Crippen molar-refractivity contribution in [2.45, 2.75) is 38.8 Å². The number of likely N-dealkylation sites (tertiary alicyclic amines) is 1. The molecule has 0 spiro atoms. The average Bonchev–Trinajstić information content (AvgIpc) is 3.10. The Labute approximate surface area is 136 Å². The lowest BCUT2D eigenvalue weighted by Gasteiger charge is -2.36. The van der Waals surface area contributed by atoms with E-state index in [4.69, 9.17) is 4.74 Å². The molecule has 3 rings (SSSR count). The Kier molecular flexibility index (Phi) is 4.95. The Balaban J connectivity index is 1.63. The predicted molar refractivity (Wildman–Crippen MR) is 84.0 cm³/mol. The number of carbonyl (C=O) groups excluding carboxylic acids is 2. The summed E-state index contributed by atoms with van der Waals surface area (Å²) < 4.78 is 7.35. The highest BCUT2D eigenvalue weighted by molar-refractivity contribution is 5.93. The van der Waals surface area contributed by atoms with E-state index in [0.717, 1.165) is 32.5 Å². The van der Waals surface area contributed by atoms with Gasteiger partial charge in [-0.05, 0) is 32.3 Å². The molecular formula is C16H24N4O3. The first kappa shape index (κ1) is 16.0. The normalized spacial score (nSPS) is 22.2. The van der Waals surface area contributed by atoms with E-state index in [1.807, 2.05) is 11.8 Å². The third kappa shape index (κ3) is 3.55. The number of hydrogen-bond acceptors (Lipinski definition) is 4. The number of piperidine rings is 1. The molecule has 2 fully saturated rings. The maximum atomic E-state index is 12.6. The molecule has 7 nitrogen and oxygen atoms in total. The van der Waals surface area contributed by atoms with E-state index in [-0.39, 0.29) is 11.8 Å². The van der Waals surface area contributed by atoms with Crippen molar-refractivity contribution in [3.63, 3.8) is 0 Å². The van der Waals surface area contributed by atoms with Crippen molar-refractivity contribution in [3.8, 4) is 0 Å². The van der Waals surface area contributed by atoms with Crippen LogP contribution in [0.4, 0.5) is 0 Å². The summed E-state index contributed by atoms with van der Waals surface area (Å²) >= 11 is 0. The van der Waals surface area contributed by atoms with Crippen LogP contribution in [-0.2, 0) is 16.1 Å². The zero-order chi connectivity index (χ0) is 16.2. The van der Waals surface area contributed by atoms with Gasteiger partial charge in [-0.2, -0.15) is 5.10 Å². The van der Waals surface area contributed by atoms with Crippen molar-refractivity contribution in [1.82, 2.24) is 19.6 Å². The highest BCUT2D eigenvalue weighted by atomic mass is 16.5. The second-order valence-corrected chi connectivity index (χ2v) is 6.05. The predicted octanol–water partition coefficient (Wildman–Crippen LogP) is 0.756. The van der Waals surface area contributed by atoms with Crippen LogP contribution >= 0.6 is 0 Å². The zero-order valence-electron chi connectivity index (χ0n) is 13.6. The molecule has 126 valence electrons. The highest BCUT2D eigenvalue weighted by Crippen LogP contribution is 2.15. The fourth-order valence-electron chi connectivity index (χ4n) is 3.11. The van der Waals surface area contributed by atoms with Gasteiger partial charge < -0.3 is 14.5 Å². The maximum Gasteiger partial charge on any atom is 0.274 e. The molecule has 3 heterocycles. The molecular weight excluding hydrogens is 296 g/mol. The van der Waals surface area contributed by atoms with Crippen LogP contribution < -0.4 is 0 Å². The number of amides is 2. The second kappa shape index (κ2) is 7.12. The lowest BCUT2D eigenvalue weighted by molar-refractivity contribution is -0.149. The third-order valence-corrected chi connectivity index (χ3v) is 4.48. The monoisotopic (exact) mass is 320 g/mol. The SMILES string of the molecule is CCn1ccc(C(=O)N2CCO[C@@H](C(=O)N3CCCCC3)C2)n1. The van der Waals surface area contributed by atoms with Crippen molar-refractivity contribution in [2.75, 3.05) is 32.8 Å². The topological polar surface area (TPSA) is 67.7 Å². The molecule has 0 saturated carbocycles. The van der Waals surface area contributed by atoms with Crippen LogP contribution in [0.25, 0.3) is 0 Å². The summed E-state index contributed by atoms with van der Waals surface area (Å²) in [6.07, 6.45) is 4.54. The fraction of sp³-hybridized carbons (Fsp3) is 0.688. The first-order chi connectivity index (χ1) is 11.2. The van der Waals surface area contributed by atoms with E-state index >= 15 is 0 Å². The summed E-state index contributed by atoms with van der Waals surface area (Å²) in [6, 6.07) is 1.72. The number of aryl methyl sites for hydroxylation is 1. The summed E-state index contributed by atoms with van der Waals surface area (Å²) in [5.41, 5.74) is 0.429. The lowest BCUT2D eigenvalue weighted by atomic mass is 10.1. The molecule has 23 heavy (non-hydrogen) atoms. The van der Waals surface area contributed by atoms with Crippen LogP contribution in [0, 0.1) is 0 Å². The van der Waals surface area contributed by atoms with Crippen LogP contribution in [0.3, 0.4) is 0 Å². The molecule has 0 bridgehead atoms. The van der Waals surface area contributed by atoms with Gasteiger partial charge in [-0.3, -0.25) is 14.3 Å². The second-order valence-electron chi connectivity index (χ2n) is 6.05. The number of morpholine rings is 1. The van der Waals surface area contributed by atoms with E-state index in [2.05, 4.69) is 5.10 Å². The van der Waals surface area contributed by atoms with Crippen LogP contribution in [0.1, 0.15) is 36.7 Å². The van der Waals surface area contributed by atoms with Crippen LogP contribution in [-0.4, -0.2) is 70.3 Å². The summed E-state index contributed by atoms with van der Waals surface area (Å²) in [4.78, 5) is 28.6. The molecule has 2 amide bonds. The van der Waals surface area contributed by atoms with Gasteiger partial charge in [0.15, 0.2) is 6.10 Å². The molecule has 1 aromatic rings. The fourth-order valence-corrected chi connectivity index (χ4v) is 3.11. The van der Waals surface area contributed by atoms with E-state index in [1.165, 1.54) is 6.42 Å². The van der Waals surface area contributed by atoms with Crippen molar-refractivity contribution >= 4 is 11.8 Å². The molecule has 0 N–H and O–H groups in total. The summed E-state index contributed by atoms with van der Waals surface area (Å²) in [5, 5.41) is 4.25. The first-order valence-electron chi connectivity index (χ1n) is 8.42. The van der Waals surface area contributed by atoms with Crippen LogP contribution in [0.15, 0.2) is 12.3 Å². The van der Waals surface area contributed by atoms with Crippen molar-refractivity contribution in [3.05, 3.63) is 18.0 Å². The Bertz CT molecular complexity index is 565. The summed E-state index contributed by atoms with van der Waals surface area (Å²) in [7, 11) is 0.